The maximum Gasteiger partial charge on any atom is 0.219 e. The molecule has 104 valence electrons. The average molecular weight is 270 g/mol. The van der Waals surface area contributed by atoms with E-state index >= 15 is 0 Å². The summed E-state index contributed by atoms with van der Waals surface area (Å²) in [6.45, 7) is 2.91. The molecule has 0 atom stereocenters. The Kier molecular flexibility index (Phi) is 3.54. The van der Waals surface area contributed by atoms with Crippen LogP contribution in [0.5, 0.6) is 0 Å². The molecule has 0 saturated carbocycles. The van der Waals surface area contributed by atoms with Crippen molar-refractivity contribution in [2.45, 2.75) is 32.7 Å². The Morgan fingerprint density at radius 3 is 2.85 bits per heavy atom. The van der Waals surface area contributed by atoms with Gasteiger partial charge in [-0.1, -0.05) is 30.3 Å². The molecule has 0 unspecified atom stereocenters. The molecule has 0 saturated heterocycles. The van der Waals surface area contributed by atoms with E-state index in [0.29, 0.717) is 6.54 Å². The predicted molar refractivity (Wildman–Crippen MR) is 75.1 cm³/mol. The van der Waals surface area contributed by atoms with Gasteiger partial charge in [-0.3, -0.25) is 4.79 Å². The normalized spacial score (nSPS) is 14.2. The monoisotopic (exact) mass is 270 g/mol. The van der Waals surface area contributed by atoms with Crippen LogP contribution in [0.15, 0.2) is 34.7 Å². The van der Waals surface area contributed by atoms with Crippen LogP contribution in [0.25, 0.3) is 0 Å². The van der Waals surface area contributed by atoms with Gasteiger partial charge in [-0.05, 0) is 12.0 Å². The third-order valence-corrected chi connectivity index (χ3v) is 3.69. The number of oxazole rings is 1. The molecule has 0 radical (unpaired) electrons. The lowest BCUT2D eigenvalue weighted by molar-refractivity contribution is -0.129. The molecular formula is C16H18N2O2. The molecule has 3 rings (SSSR count). The summed E-state index contributed by atoms with van der Waals surface area (Å²) < 4.78 is 5.81. The summed E-state index contributed by atoms with van der Waals surface area (Å²) in [6.07, 6.45) is 2.50. The molecule has 4 nitrogen and oxygen atoms in total. The smallest absolute Gasteiger partial charge is 0.219 e. The zero-order chi connectivity index (χ0) is 13.9. The number of rotatable bonds is 3. The number of aromatic nitrogens is 1. The largest absolute Gasteiger partial charge is 0.445 e. The second kappa shape index (κ2) is 5.49. The van der Waals surface area contributed by atoms with Crippen LogP contribution in [0.4, 0.5) is 0 Å². The van der Waals surface area contributed by atoms with Crippen molar-refractivity contribution in [3.8, 4) is 0 Å². The maximum atomic E-state index is 11.4. The Bertz CT molecular complexity index is 604. The Morgan fingerprint density at radius 1 is 1.30 bits per heavy atom. The van der Waals surface area contributed by atoms with Crippen LogP contribution in [0.1, 0.15) is 29.8 Å². The highest BCUT2D eigenvalue weighted by molar-refractivity contribution is 5.73. The standard InChI is InChI=1S/C16H18N2O2/c1-12(19)18-10-9-15-14(11-18)17-16(20-15)8-7-13-5-3-2-4-6-13/h2-6H,7-11H2,1H3. The van der Waals surface area contributed by atoms with Crippen LogP contribution in [0.3, 0.4) is 0 Å². The van der Waals surface area contributed by atoms with Crippen molar-refractivity contribution in [2.24, 2.45) is 0 Å². The van der Waals surface area contributed by atoms with Crippen LogP contribution in [-0.4, -0.2) is 22.3 Å². The number of amides is 1. The summed E-state index contributed by atoms with van der Waals surface area (Å²) in [5, 5.41) is 0. The molecule has 0 N–H and O–H groups in total. The van der Waals surface area contributed by atoms with E-state index < -0.39 is 0 Å². The lowest BCUT2D eigenvalue weighted by Gasteiger charge is -2.23. The molecule has 1 aromatic heterocycles. The van der Waals surface area contributed by atoms with Crippen molar-refractivity contribution in [3.63, 3.8) is 0 Å². The maximum absolute atomic E-state index is 11.4. The first-order valence-electron chi connectivity index (χ1n) is 6.99. The van der Waals surface area contributed by atoms with E-state index in [1.165, 1.54) is 5.56 Å². The molecule has 0 aliphatic carbocycles. The van der Waals surface area contributed by atoms with Crippen LogP contribution in [0, 0.1) is 0 Å². The topological polar surface area (TPSA) is 46.3 Å². The first-order chi connectivity index (χ1) is 9.72. The van der Waals surface area contributed by atoms with Crippen LogP contribution < -0.4 is 0 Å². The van der Waals surface area contributed by atoms with E-state index in [9.17, 15) is 4.79 Å². The molecule has 20 heavy (non-hydrogen) atoms. The Morgan fingerprint density at radius 2 is 2.10 bits per heavy atom. The fourth-order valence-electron chi connectivity index (χ4n) is 2.52. The van der Waals surface area contributed by atoms with Gasteiger partial charge in [0, 0.05) is 26.3 Å². The van der Waals surface area contributed by atoms with Gasteiger partial charge in [-0.25, -0.2) is 4.98 Å². The van der Waals surface area contributed by atoms with Crippen molar-refractivity contribution >= 4 is 5.91 Å². The molecule has 0 spiro atoms. The third-order valence-electron chi connectivity index (χ3n) is 3.69. The molecule has 1 aliphatic heterocycles. The SMILES string of the molecule is CC(=O)N1CCc2oc(CCc3ccccc3)nc2C1. The lowest BCUT2D eigenvalue weighted by Crippen LogP contribution is -2.33. The predicted octanol–water partition coefficient (Wildman–Crippen LogP) is 2.36. The summed E-state index contributed by atoms with van der Waals surface area (Å²) in [6, 6.07) is 10.3. The summed E-state index contributed by atoms with van der Waals surface area (Å²) in [5.41, 5.74) is 2.21. The van der Waals surface area contributed by atoms with E-state index in [4.69, 9.17) is 4.42 Å². The van der Waals surface area contributed by atoms with E-state index in [1.807, 2.05) is 23.1 Å². The second-order valence-electron chi connectivity index (χ2n) is 5.15. The number of benzene rings is 1. The van der Waals surface area contributed by atoms with Crippen molar-refractivity contribution in [3.05, 3.63) is 53.2 Å². The van der Waals surface area contributed by atoms with Crippen molar-refractivity contribution in [1.29, 1.82) is 0 Å². The van der Waals surface area contributed by atoms with Gasteiger partial charge in [0.1, 0.15) is 11.5 Å². The summed E-state index contributed by atoms with van der Waals surface area (Å²) >= 11 is 0. The minimum atomic E-state index is 0.101. The highest BCUT2D eigenvalue weighted by Gasteiger charge is 2.23. The fraction of sp³-hybridized carbons (Fsp3) is 0.375. The van der Waals surface area contributed by atoms with Crippen LogP contribution in [0.2, 0.25) is 0 Å². The molecule has 0 fully saturated rings. The molecule has 2 aromatic rings. The average Bonchev–Trinajstić information content (AvgIpc) is 2.88. The number of fused-ring (bicyclic) bond motifs is 1. The van der Waals surface area contributed by atoms with Gasteiger partial charge in [0.2, 0.25) is 5.91 Å². The van der Waals surface area contributed by atoms with Crippen molar-refractivity contribution in [1.82, 2.24) is 9.88 Å². The van der Waals surface area contributed by atoms with E-state index in [1.54, 1.807) is 6.92 Å². The number of hydrogen-bond acceptors (Lipinski definition) is 3. The number of hydrogen-bond donors (Lipinski definition) is 0. The quantitative estimate of drug-likeness (QED) is 0.860. The summed E-state index contributed by atoms with van der Waals surface area (Å²) in [5.74, 6) is 1.83. The number of aryl methyl sites for hydroxylation is 2. The van der Waals surface area contributed by atoms with Gasteiger partial charge < -0.3 is 9.32 Å². The second-order valence-corrected chi connectivity index (χ2v) is 5.15. The fourth-order valence-corrected chi connectivity index (χ4v) is 2.52. The molecule has 1 amide bonds. The first-order valence-corrected chi connectivity index (χ1v) is 6.99. The number of carbonyl (C=O) groups excluding carboxylic acids is 1. The van der Waals surface area contributed by atoms with E-state index in [2.05, 4.69) is 17.1 Å². The van der Waals surface area contributed by atoms with Gasteiger partial charge in [0.15, 0.2) is 5.89 Å². The van der Waals surface area contributed by atoms with E-state index in [0.717, 1.165) is 43.2 Å². The van der Waals surface area contributed by atoms with Gasteiger partial charge in [-0.15, -0.1) is 0 Å². The van der Waals surface area contributed by atoms with Crippen LogP contribution >= 0.6 is 0 Å². The van der Waals surface area contributed by atoms with E-state index in [-0.39, 0.29) is 5.91 Å². The van der Waals surface area contributed by atoms with Crippen molar-refractivity contribution in [2.75, 3.05) is 6.54 Å². The zero-order valence-electron chi connectivity index (χ0n) is 11.6. The molecule has 4 heteroatoms. The molecule has 1 aromatic carbocycles. The molecule has 1 aliphatic rings. The molecule has 2 heterocycles. The number of carbonyl (C=O) groups is 1. The molecular weight excluding hydrogens is 252 g/mol. The zero-order valence-corrected chi connectivity index (χ0v) is 11.6. The Labute approximate surface area is 118 Å². The lowest BCUT2D eigenvalue weighted by atomic mass is 10.1. The van der Waals surface area contributed by atoms with Gasteiger partial charge >= 0.3 is 0 Å². The minimum absolute atomic E-state index is 0.101. The third kappa shape index (κ3) is 2.74. The highest BCUT2D eigenvalue weighted by atomic mass is 16.4. The summed E-state index contributed by atoms with van der Waals surface area (Å²) in [7, 11) is 0. The molecule has 0 bridgehead atoms. The highest BCUT2D eigenvalue weighted by Crippen LogP contribution is 2.20. The number of nitrogens with zero attached hydrogens (tertiary/aromatic N) is 2. The Hall–Kier alpha value is -2.10. The summed E-state index contributed by atoms with van der Waals surface area (Å²) in [4.78, 5) is 17.7. The minimum Gasteiger partial charge on any atom is -0.445 e. The van der Waals surface area contributed by atoms with Crippen LogP contribution in [-0.2, 0) is 30.6 Å². The van der Waals surface area contributed by atoms with Crippen molar-refractivity contribution < 1.29 is 9.21 Å². The van der Waals surface area contributed by atoms with Gasteiger partial charge in [0.05, 0.1) is 6.54 Å². The van der Waals surface area contributed by atoms with Gasteiger partial charge in [0.25, 0.3) is 0 Å². The van der Waals surface area contributed by atoms with Gasteiger partial charge in [-0.2, -0.15) is 0 Å². The first kappa shape index (κ1) is 12.9. The Balaban J connectivity index is 1.67.